The van der Waals surface area contributed by atoms with Gasteiger partial charge in [-0.15, -0.1) is 0 Å². The summed E-state index contributed by atoms with van der Waals surface area (Å²) in [6, 6.07) is 10.5. The summed E-state index contributed by atoms with van der Waals surface area (Å²) in [5, 5.41) is 14.3. The highest BCUT2D eigenvalue weighted by Crippen LogP contribution is 2.30. The van der Waals surface area contributed by atoms with Crippen LogP contribution in [-0.4, -0.2) is 11.7 Å². The molecule has 2 rings (SSSR count). The summed E-state index contributed by atoms with van der Waals surface area (Å²) in [5.41, 5.74) is 1.69. The molecule has 2 aromatic carbocycles. The SMILES string of the molecule is OCC(Nc1ccc(Cl)c(Br)c1)c1ccc(Cl)c(Cl)c1. The first-order chi connectivity index (χ1) is 9.51. The Morgan fingerprint density at radius 1 is 1.00 bits per heavy atom. The zero-order valence-electron chi connectivity index (χ0n) is 10.2. The second-order valence-corrected chi connectivity index (χ2v) is 6.26. The molecule has 0 aliphatic heterocycles. The van der Waals surface area contributed by atoms with E-state index in [4.69, 9.17) is 34.8 Å². The molecule has 2 N–H and O–H groups in total. The summed E-state index contributed by atoms with van der Waals surface area (Å²) < 4.78 is 0.787. The van der Waals surface area contributed by atoms with E-state index in [0.29, 0.717) is 15.1 Å². The maximum Gasteiger partial charge on any atom is 0.0745 e. The molecule has 0 saturated heterocycles. The lowest BCUT2D eigenvalue weighted by Gasteiger charge is -2.19. The normalized spacial score (nSPS) is 12.2. The fourth-order valence-corrected chi connectivity index (χ4v) is 2.55. The average molecular weight is 396 g/mol. The number of nitrogens with one attached hydrogen (secondary N) is 1. The second-order valence-electron chi connectivity index (χ2n) is 4.18. The third kappa shape index (κ3) is 3.80. The Labute approximate surface area is 140 Å². The van der Waals surface area contributed by atoms with Crippen molar-refractivity contribution in [3.8, 4) is 0 Å². The van der Waals surface area contributed by atoms with Crippen molar-refractivity contribution in [3.05, 3.63) is 61.5 Å². The lowest BCUT2D eigenvalue weighted by atomic mass is 10.1. The van der Waals surface area contributed by atoms with Gasteiger partial charge in [-0.3, -0.25) is 0 Å². The van der Waals surface area contributed by atoms with Crippen molar-refractivity contribution < 1.29 is 5.11 Å². The largest absolute Gasteiger partial charge is 0.394 e. The van der Waals surface area contributed by atoms with E-state index in [9.17, 15) is 5.11 Å². The highest BCUT2D eigenvalue weighted by molar-refractivity contribution is 9.10. The van der Waals surface area contributed by atoms with Crippen LogP contribution >= 0.6 is 50.7 Å². The minimum Gasteiger partial charge on any atom is -0.394 e. The molecule has 0 fully saturated rings. The van der Waals surface area contributed by atoms with Crippen molar-refractivity contribution in [1.82, 2.24) is 0 Å². The number of hydrogen-bond acceptors (Lipinski definition) is 2. The van der Waals surface area contributed by atoms with Crippen LogP contribution in [0.5, 0.6) is 0 Å². The van der Waals surface area contributed by atoms with Gasteiger partial charge in [0.1, 0.15) is 0 Å². The summed E-state index contributed by atoms with van der Waals surface area (Å²) in [7, 11) is 0. The number of rotatable bonds is 4. The van der Waals surface area contributed by atoms with E-state index >= 15 is 0 Å². The van der Waals surface area contributed by atoms with Gasteiger partial charge >= 0.3 is 0 Å². The Morgan fingerprint density at radius 2 is 1.70 bits per heavy atom. The van der Waals surface area contributed by atoms with E-state index in [1.54, 1.807) is 18.2 Å². The first-order valence-electron chi connectivity index (χ1n) is 5.78. The Bertz CT molecular complexity index is 621. The van der Waals surface area contributed by atoms with Crippen LogP contribution in [0.2, 0.25) is 15.1 Å². The van der Waals surface area contributed by atoms with Crippen molar-refractivity contribution in [1.29, 1.82) is 0 Å². The van der Waals surface area contributed by atoms with Gasteiger partial charge in [-0.2, -0.15) is 0 Å². The smallest absolute Gasteiger partial charge is 0.0745 e. The molecule has 0 radical (unpaired) electrons. The van der Waals surface area contributed by atoms with Crippen LogP contribution in [0.3, 0.4) is 0 Å². The zero-order chi connectivity index (χ0) is 14.7. The first kappa shape index (κ1) is 15.9. The fraction of sp³-hybridized carbons (Fsp3) is 0.143. The molecule has 2 aromatic rings. The number of aliphatic hydroxyl groups is 1. The van der Waals surface area contributed by atoms with Gasteiger partial charge in [-0.05, 0) is 51.8 Å². The first-order valence-corrected chi connectivity index (χ1v) is 7.71. The number of anilines is 1. The summed E-state index contributed by atoms with van der Waals surface area (Å²) >= 11 is 21.2. The van der Waals surface area contributed by atoms with E-state index in [1.165, 1.54) is 0 Å². The minimum atomic E-state index is -0.280. The van der Waals surface area contributed by atoms with Gasteiger partial charge < -0.3 is 10.4 Å². The van der Waals surface area contributed by atoms with Gasteiger partial charge in [0.25, 0.3) is 0 Å². The van der Waals surface area contributed by atoms with Gasteiger partial charge in [0.05, 0.1) is 27.7 Å². The molecule has 6 heteroatoms. The highest BCUT2D eigenvalue weighted by atomic mass is 79.9. The predicted molar refractivity (Wildman–Crippen MR) is 89.1 cm³/mol. The van der Waals surface area contributed by atoms with Crippen molar-refractivity contribution in [2.45, 2.75) is 6.04 Å². The van der Waals surface area contributed by atoms with E-state index in [1.807, 2.05) is 18.2 Å². The molecule has 0 spiro atoms. The van der Waals surface area contributed by atoms with Crippen LogP contribution in [0.1, 0.15) is 11.6 Å². The van der Waals surface area contributed by atoms with Crippen LogP contribution in [0.4, 0.5) is 5.69 Å². The second kappa shape index (κ2) is 7.01. The molecule has 1 unspecified atom stereocenters. The highest BCUT2D eigenvalue weighted by Gasteiger charge is 2.12. The Balaban J connectivity index is 2.23. The molecule has 106 valence electrons. The van der Waals surface area contributed by atoms with Crippen LogP contribution in [0.15, 0.2) is 40.9 Å². The molecule has 0 heterocycles. The van der Waals surface area contributed by atoms with Crippen molar-refractivity contribution in [3.63, 3.8) is 0 Å². The van der Waals surface area contributed by atoms with Crippen LogP contribution in [0, 0.1) is 0 Å². The monoisotopic (exact) mass is 393 g/mol. The van der Waals surface area contributed by atoms with Gasteiger partial charge in [0.2, 0.25) is 0 Å². The molecule has 1 atom stereocenters. The van der Waals surface area contributed by atoms with E-state index in [0.717, 1.165) is 15.7 Å². The molecule has 0 aromatic heterocycles. The van der Waals surface area contributed by atoms with Crippen molar-refractivity contribution >= 4 is 56.4 Å². The number of benzene rings is 2. The molecule has 0 saturated carbocycles. The summed E-state index contributed by atoms with van der Waals surface area (Å²) in [4.78, 5) is 0. The van der Waals surface area contributed by atoms with E-state index in [-0.39, 0.29) is 12.6 Å². The van der Waals surface area contributed by atoms with Gasteiger partial charge in [-0.1, -0.05) is 40.9 Å². The standard InChI is InChI=1S/C14H11BrCl3NO/c15-10-6-9(2-4-11(10)16)19-14(7-20)8-1-3-12(17)13(18)5-8/h1-6,14,19-20H,7H2. The van der Waals surface area contributed by atoms with Crippen LogP contribution < -0.4 is 5.32 Å². The molecular weight excluding hydrogens is 384 g/mol. The van der Waals surface area contributed by atoms with Crippen LogP contribution in [-0.2, 0) is 0 Å². The lowest BCUT2D eigenvalue weighted by Crippen LogP contribution is -2.14. The molecule has 0 bridgehead atoms. The Kier molecular flexibility index (Phi) is 5.58. The fourth-order valence-electron chi connectivity index (χ4n) is 1.75. The number of halogens is 4. The van der Waals surface area contributed by atoms with Crippen molar-refractivity contribution in [2.24, 2.45) is 0 Å². The maximum absolute atomic E-state index is 9.55. The zero-order valence-corrected chi connectivity index (χ0v) is 14.1. The Hall–Kier alpha value is -0.450. The maximum atomic E-state index is 9.55. The lowest BCUT2D eigenvalue weighted by molar-refractivity contribution is 0.276. The minimum absolute atomic E-state index is 0.0712. The summed E-state index contributed by atoms with van der Waals surface area (Å²) in [6.45, 7) is -0.0712. The summed E-state index contributed by atoms with van der Waals surface area (Å²) in [6.07, 6.45) is 0. The molecule has 20 heavy (non-hydrogen) atoms. The number of aliphatic hydroxyl groups excluding tert-OH is 1. The molecule has 0 amide bonds. The quantitative estimate of drug-likeness (QED) is 0.711. The Morgan fingerprint density at radius 3 is 2.30 bits per heavy atom. The van der Waals surface area contributed by atoms with Gasteiger partial charge in [-0.25, -0.2) is 0 Å². The third-order valence-corrected chi connectivity index (χ3v) is 4.74. The van der Waals surface area contributed by atoms with E-state index < -0.39 is 0 Å². The molecule has 2 nitrogen and oxygen atoms in total. The molecular formula is C14H11BrCl3NO. The molecule has 0 aliphatic carbocycles. The third-order valence-electron chi connectivity index (χ3n) is 2.79. The van der Waals surface area contributed by atoms with E-state index in [2.05, 4.69) is 21.2 Å². The van der Waals surface area contributed by atoms with Crippen LogP contribution in [0.25, 0.3) is 0 Å². The molecule has 0 aliphatic rings. The van der Waals surface area contributed by atoms with Crippen molar-refractivity contribution in [2.75, 3.05) is 11.9 Å². The number of hydrogen-bond donors (Lipinski definition) is 2. The van der Waals surface area contributed by atoms with Gasteiger partial charge in [0.15, 0.2) is 0 Å². The topological polar surface area (TPSA) is 32.3 Å². The predicted octanol–water partition coefficient (Wildman–Crippen LogP) is 5.55. The van der Waals surface area contributed by atoms with Gasteiger partial charge in [0, 0.05) is 10.2 Å². The average Bonchev–Trinajstić information content (AvgIpc) is 2.43. The summed E-state index contributed by atoms with van der Waals surface area (Å²) in [5.74, 6) is 0.